The maximum Gasteiger partial charge on any atom is 0.223 e. The highest BCUT2D eigenvalue weighted by molar-refractivity contribution is 5.82. The second-order valence-corrected chi connectivity index (χ2v) is 7.94. The van der Waals surface area contributed by atoms with Crippen LogP contribution in [-0.2, 0) is 4.79 Å². The van der Waals surface area contributed by atoms with E-state index in [1.807, 2.05) is 18.2 Å². The molecule has 1 N–H and O–H groups in total. The van der Waals surface area contributed by atoms with Crippen LogP contribution in [-0.4, -0.2) is 42.7 Å². The lowest BCUT2D eigenvalue weighted by atomic mass is 9.80. The van der Waals surface area contributed by atoms with E-state index in [4.69, 9.17) is 4.74 Å². The highest BCUT2D eigenvalue weighted by Crippen LogP contribution is 2.45. The summed E-state index contributed by atoms with van der Waals surface area (Å²) >= 11 is 0. The minimum atomic E-state index is -0.297. The summed E-state index contributed by atoms with van der Waals surface area (Å²) in [5.74, 6) is 1.76. The van der Waals surface area contributed by atoms with Crippen LogP contribution >= 0.6 is 0 Å². The summed E-state index contributed by atoms with van der Waals surface area (Å²) in [7, 11) is 0. The molecular weight excluding hydrogens is 319 g/mol. The number of rotatable bonds is 4. The molecule has 0 aromatic heterocycles. The third-order valence-electron chi connectivity index (χ3n) is 6.13. The summed E-state index contributed by atoms with van der Waals surface area (Å²) in [6.45, 7) is 4.05. The number of hydrogen-bond acceptors (Lipinski definition) is 3. The van der Waals surface area contributed by atoms with Crippen molar-refractivity contribution < 1.29 is 13.9 Å². The number of nitrogens with zero attached hydrogens (tertiary/aromatic N) is 1. The van der Waals surface area contributed by atoms with E-state index in [2.05, 4.69) is 23.2 Å². The SMILES string of the molecule is C[C@@H]1C[C@H]1C(=O)N[C@H]1CC2(CCN(CCF)CC2)Oc2ccccc21. The predicted octanol–water partition coefficient (Wildman–Crippen LogP) is 3.09. The molecule has 2 aliphatic heterocycles. The van der Waals surface area contributed by atoms with Crippen LogP contribution in [0.3, 0.4) is 0 Å². The molecule has 3 atom stereocenters. The lowest BCUT2D eigenvalue weighted by Crippen LogP contribution is -2.52. The zero-order valence-corrected chi connectivity index (χ0v) is 14.8. The topological polar surface area (TPSA) is 41.6 Å². The molecule has 1 aliphatic carbocycles. The van der Waals surface area contributed by atoms with Crippen molar-refractivity contribution in [1.82, 2.24) is 10.2 Å². The first kappa shape index (κ1) is 16.8. The normalized spacial score (nSPS) is 30.4. The van der Waals surface area contributed by atoms with E-state index in [1.54, 1.807) is 0 Å². The number of alkyl halides is 1. The number of likely N-dealkylation sites (tertiary alicyclic amines) is 1. The fourth-order valence-electron chi connectivity index (χ4n) is 4.32. The quantitative estimate of drug-likeness (QED) is 0.911. The molecule has 1 aromatic carbocycles. The van der Waals surface area contributed by atoms with E-state index < -0.39 is 0 Å². The Morgan fingerprint density at radius 2 is 2.08 bits per heavy atom. The van der Waals surface area contributed by atoms with Crippen molar-refractivity contribution in [1.29, 1.82) is 0 Å². The summed E-state index contributed by atoms with van der Waals surface area (Å²) in [5, 5.41) is 3.28. The van der Waals surface area contributed by atoms with Gasteiger partial charge in [0.05, 0.1) is 6.04 Å². The van der Waals surface area contributed by atoms with Crippen LogP contribution in [0.15, 0.2) is 24.3 Å². The van der Waals surface area contributed by atoms with E-state index in [1.165, 1.54) is 0 Å². The number of carbonyl (C=O) groups is 1. The molecule has 0 bridgehead atoms. The van der Waals surface area contributed by atoms with Gasteiger partial charge in [0.15, 0.2) is 0 Å². The molecule has 4 rings (SSSR count). The molecule has 3 aliphatic rings. The fourth-order valence-corrected chi connectivity index (χ4v) is 4.32. The standard InChI is InChI=1S/C20H27FN2O2/c1-14-12-16(14)19(24)22-17-13-20(6-9-23(10-7-20)11-8-21)25-18-5-3-2-4-15(17)18/h2-5,14,16-17H,6-13H2,1H3,(H,22,24)/t14-,16-,17+/m1/s1. The third-order valence-corrected chi connectivity index (χ3v) is 6.13. The molecular formula is C20H27FN2O2. The summed E-state index contributed by atoms with van der Waals surface area (Å²) in [4.78, 5) is 14.7. The van der Waals surface area contributed by atoms with E-state index in [0.29, 0.717) is 12.5 Å². The number of piperidine rings is 1. The van der Waals surface area contributed by atoms with Crippen LogP contribution in [0.2, 0.25) is 0 Å². The smallest absolute Gasteiger partial charge is 0.223 e. The van der Waals surface area contributed by atoms with Gasteiger partial charge in [-0.15, -0.1) is 0 Å². The van der Waals surface area contributed by atoms with Crippen LogP contribution in [0, 0.1) is 11.8 Å². The second-order valence-electron chi connectivity index (χ2n) is 7.94. The summed E-state index contributed by atoms with van der Waals surface area (Å²) < 4.78 is 19.0. The number of nitrogens with one attached hydrogen (secondary N) is 1. The van der Waals surface area contributed by atoms with Gasteiger partial charge >= 0.3 is 0 Å². The zero-order valence-electron chi connectivity index (χ0n) is 14.8. The van der Waals surface area contributed by atoms with Crippen molar-refractivity contribution >= 4 is 5.91 Å². The van der Waals surface area contributed by atoms with E-state index in [9.17, 15) is 9.18 Å². The van der Waals surface area contributed by atoms with Crippen LogP contribution in [0.25, 0.3) is 0 Å². The van der Waals surface area contributed by atoms with Crippen LogP contribution in [0.1, 0.15) is 44.2 Å². The number of ether oxygens (including phenoxy) is 1. The number of para-hydroxylation sites is 1. The Hall–Kier alpha value is -1.62. The van der Waals surface area contributed by atoms with Gasteiger partial charge in [-0.3, -0.25) is 4.79 Å². The van der Waals surface area contributed by atoms with Crippen molar-refractivity contribution in [3.05, 3.63) is 29.8 Å². The van der Waals surface area contributed by atoms with Gasteiger partial charge in [-0.1, -0.05) is 25.1 Å². The minimum absolute atomic E-state index is 0.0120. The summed E-state index contributed by atoms with van der Waals surface area (Å²) in [6.07, 6.45) is 3.57. The molecule has 5 heteroatoms. The first-order valence-corrected chi connectivity index (χ1v) is 9.47. The van der Waals surface area contributed by atoms with Gasteiger partial charge in [0.25, 0.3) is 0 Å². The van der Waals surface area contributed by atoms with Gasteiger partial charge in [-0.25, -0.2) is 4.39 Å². The minimum Gasteiger partial charge on any atom is -0.487 e. The van der Waals surface area contributed by atoms with Crippen LogP contribution in [0.4, 0.5) is 4.39 Å². The van der Waals surface area contributed by atoms with Gasteiger partial charge in [-0.05, 0) is 31.2 Å². The monoisotopic (exact) mass is 346 g/mol. The highest BCUT2D eigenvalue weighted by atomic mass is 19.1. The lowest BCUT2D eigenvalue weighted by Gasteiger charge is -2.47. The molecule has 1 aromatic rings. The average molecular weight is 346 g/mol. The Bertz CT molecular complexity index is 642. The van der Waals surface area contributed by atoms with Crippen molar-refractivity contribution in [3.63, 3.8) is 0 Å². The van der Waals surface area contributed by atoms with E-state index in [-0.39, 0.29) is 30.1 Å². The molecule has 0 unspecified atom stereocenters. The Morgan fingerprint density at radius 1 is 1.36 bits per heavy atom. The first-order valence-electron chi connectivity index (χ1n) is 9.47. The molecule has 1 spiro atoms. The predicted molar refractivity (Wildman–Crippen MR) is 94.2 cm³/mol. The first-order chi connectivity index (χ1) is 12.1. The van der Waals surface area contributed by atoms with Gasteiger partial charge in [-0.2, -0.15) is 0 Å². The highest BCUT2D eigenvalue weighted by Gasteiger charge is 2.45. The Morgan fingerprint density at radius 3 is 2.76 bits per heavy atom. The van der Waals surface area contributed by atoms with Gasteiger partial charge in [0.2, 0.25) is 5.91 Å². The largest absolute Gasteiger partial charge is 0.487 e. The average Bonchev–Trinajstić information content (AvgIpc) is 3.34. The second kappa shape index (κ2) is 6.60. The van der Waals surface area contributed by atoms with Crippen molar-refractivity contribution in [3.8, 4) is 5.75 Å². The maximum atomic E-state index is 12.6. The molecule has 1 saturated heterocycles. The van der Waals surface area contributed by atoms with E-state index in [0.717, 1.165) is 50.1 Å². The zero-order chi connectivity index (χ0) is 17.4. The van der Waals surface area contributed by atoms with E-state index >= 15 is 0 Å². The molecule has 1 amide bonds. The molecule has 136 valence electrons. The van der Waals surface area contributed by atoms with Gasteiger partial charge in [0, 0.05) is 37.5 Å². The molecule has 1 saturated carbocycles. The molecule has 0 radical (unpaired) electrons. The van der Waals surface area contributed by atoms with Crippen molar-refractivity contribution in [2.24, 2.45) is 11.8 Å². The fraction of sp³-hybridized carbons (Fsp3) is 0.650. The maximum absolute atomic E-state index is 12.6. The van der Waals surface area contributed by atoms with Gasteiger partial charge in [0.1, 0.15) is 18.0 Å². The van der Waals surface area contributed by atoms with Crippen LogP contribution < -0.4 is 10.1 Å². The third kappa shape index (κ3) is 3.39. The van der Waals surface area contributed by atoms with Crippen molar-refractivity contribution in [2.75, 3.05) is 26.3 Å². The number of amides is 1. The number of benzene rings is 1. The number of fused-ring (bicyclic) bond motifs is 1. The number of carbonyl (C=O) groups excluding carboxylic acids is 1. The Kier molecular flexibility index (Phi) is 4.44. The lowest BCUT2D eigenvalue weighted by molar-refractivity contribution is -0.124. The van der Waals surface area contributed by atoms with Crippen LogP contribution in [0.5, 0.6) is 5.75 Å². The number of hydrogen-bond donors (Lipinski definition) is 1. The molecule has 25 heavy (non-hydrogen) atoms. The molecule has 4 nitrogen and oxygen atoms in total. The summed E-state index contributed by atoms with van der Waals surface area (Å²) in [6, 6.07) is 8.06. The number of halogens is 1. The van der Waals surface area contributed by atoms with Crippen molar-refractivity contribution in [2.45, 2.75) is 44.2 Å². The Labute approximate surface area is 148 Å². The summed E-state index contributed by atoms with van der Waals surface area (Å²) in [5.41, 5.74) is 0.842. The molecule has 2 fully saturated rings. The van der Waals surface area contributed by atoms with Gasteiger partial charge < -0.3 is 15.0 Å². The molecule has 2 heterocycles. The Balaban J connectivity index is 1.51.